The Labute approximate surface area is 107 Å². The quantitative estimate of drug-likeness (QED) is 0.863. The van der Waals surface area contributed by atoms with Crippen LogP contribution in [0.4, 0.5) is 4.39 Å². The lowest BCUT2D eigenvalue weighted by Gasteiger charge is -2.22. The van der Waals surface area contributed by atoms with Crippen molar-refractivity contribution in [3.63, 3.8) is 0 Å². The molecule has 0 aliphatic carbocycles. The maximum Gasteiger partial charge on any atom is 0.240 e. The van der Waals surface area contributed by atoms with E-state index in [1.165, 1.54) is 12.1 Å². The van der Waals surface area contributed by atoms with Crippen molar-refractivity contribution in [2.75, 3.05) is 19.6 Å². The highest BCUT2D eigenvalue weighted by Crippen LogP contribution is 2.12. The van der Waals surface area contributed by atoms with Gasteiger partial charge in [0.15, 0.2) is 0 Å². The number of sulfonamides is 1. The second-order valence-corrected chi connectivity index (χ2v) is 6.29. The van der Waals surface area contributed by atoms with Crippen LogP contribution in [0.1, 0.15) is 12.8 Å². The summed E-state index contributed by atoms with van der Waals surface area (Å²) in [5.41, 5.74) is 0. The van der Waals surface area contributed by atoms with Crippen molar-refractivity contribution in [3.8, 4) is 0 Å². The van der Waals surface area contributed by atoms with E-state index in [-0.39, 0.29) is 4.90 Å². The predicted molar refractivity (Wildman–Crippen MR) is 67.2 cm³/mol. The molecule has 1 unspecified atom stereocenters. The zero-order chi connectivity index (χ0) is 13.0. The van der Waals surface area contributed by atoms with Crippen molar-refractivity contribution in [3.05, 3.63) is 30.1 Å². The van der Waals surface area contributed by atoms with Crippen molar-refractivity contribution in [2.45, 2.75) is 17.7 Å². The van der Waals surface area contributed by atoms with E-state index in [2.05, 4.69) is 10.0 Å². The number of benzene rings is 1. The molecule has 1 fully saturated rings. The second kappa shape index (κ2) is 5.77. The van der Waals surface area contributed by atoms with E-state index in [0.717, 1.165) is 38.1 Å². The van der Waals surface area contributed by atoms with Gasteiger partial charge in [-0.25, -0.2) is 17.5 Å². The van der Waals surface area contributed by atoms with Crippen LogP contribution in [0.5, 0.6) is 0 Å². The van der Waals surface area contributed by atoms with Gasteiger partial charge in [0.25, 0.3) is 0 Å². The SMILES string of the molecule is O=S(=O)(NCC1CCCNC1)c1ccc(F)cc1. The molecule has 1 atom stereocenters. The van der Waals surface area contributed by atoms with Crippen molar-refractivity contribution in [1.29, 1.82) is 0 Å². The molecule has 6 heteroatoms. The van der Waals surface area contributed by atoms with Gasteiger partial charge in [0.1, 0.15) is 5.82 Å². The van der Waals surface area contributed by atoms with Crippen LogP contribution in [-0.4, -0.2) is 28.1 Å². The molecule has 0 amide bonds. The Bertz CT molecular complexity index is 481. The van der Waals surface area contributed by atoms with Crippen molar-refractivity contribution in [2.24, 2.45) is 5.92 Å². The van der Waals surface area contributed by atoms with Crippen LogP contribution in [0.3, 0.4) is 0 Å². The lowest BCUT2D eigenvalue weighted by Crippen LogP contribution is -2.38. The Kier molecular flexibility index (Phi) is 4.31. The molecule has 0 aromatic heterocycles. The van der Waals surface area contributed by atoms with E-state index in [9.17, 15) is 12.8 Å². The first-order chi connectivity index (χ1) is 8.58. The van der Waals surface area contributed by atoms with Crippen LogP contribution in [0.2, 0.25) is 0 Å². The largest absolute Gasteiger partial charge is 0.316 e. The van der Waals surface area contributed by atoms with Gasteiger partial charge < -0.3 is 5.32 Å². The Morgan fingerprint density at radius 3 is 2.67 bits per heavy atom. The number of halogens is 1. The molecule has 0 radical (unpaired) electrons. The topological polar surface area (TPSA) is 58.2 Å². The molecular formula is C12H17FN2O2S. The van der Waals surface area contributed by atoms with Gasteiger partial charge in [-0.2, -0.15) is 0 Å². The number of hydrogen-bond donors (Lipinski definition) is 2. The fourth-order valence-electron chi connectivity index (χ4n) is 2.02. The van der Waals surface area contributed by atoms with Crippen LogP contribution in [0, 0.1) is 11.7 Å². The van der Waals surface area contributed by atoms with Gasteiger partial charge in [0.05, 0.1) is 4.90 Å². The molecule has 100 valence electrons. The molecule has 1 heterocycles. The molecule has 0 saturated carbocycles. The molecule has 0 spiro atoms. The van der Waals surface area contributed by atoms with E-state index in [1.54, 1.807) is 0 Å². The van der Waals surface area contributed by atoms with Gasteiger partial charge in [-0.05, 0) is 56.1 Å². The van der Waals surface area contributed by atoms with E-state index >= 15 is 0 Å². The fourth-order valence-corrected chi connectivity index (χ4v) is 3.14. The first kappa shape index (κ1) is 13.5. The first-order valence-electron chi connectivity index (χ1n) is 6.04. The molecule has 1 saturated heterocycles. The first-order valence-corrected chi connectivity index (χ1v) is 7.52. The van der Waals surface area contributed by atoms with Crippen LogP contribution in [-0.2, 0) is 10.0 Å². The Balaban J connectivity index is 1.96. The van der Waals surface area contributed by atoms with Gasteiger partial charge in [0.2, 0.25) is 10.0 Å². The summed E-state index contributed by atoms with van der Waals surface area (Å²) in [6, 6.07) is 4.85. The average molecular weight is 272 g/mol. The molecule has 1 aromatic rings. The standard InChI is InChI=1S/C12H17FN2O2S/c13-11-3-5-12(6-4-11)18(16,17)15-9-10-2-1-7-14-8-10/h3-6,10,14-15H,1-2,7-9H2. The molecule has 0 bridgehead atoms. The summed E-state index contributed by atoms with van der Waals surface area (Å²) in [6.07, 6.45) is 2.10. The van der Waals surface area contributed by atoms with Crippen LogP contribution < -0.4 is 10.0 Å². The maximum absolute atomic E-state index is 12.7. The Morgan fingerprint density at radius 1 is 1.33 bits per heavy atom. The smallest absolute Gasteiger partial charge is 0.240 e. The van der Waals surface area contributed by atoms with Gasteiger partial charge in [-0.15, -0.1) is 0 Å². The summed E-state index contributed by atoms with van der Waals surface area (Å²) < 4.78 is 39.2. The summed E-state index contributed by atoms with van der Waals surface area (Å²) in [5, 5.41) is 3.23. The number of piperidine rings is 1. The third-order valence-corrected chi connectivity index (χ3v) is 4.52. The Morgan fingerprint density at radius 2 is 2.06 bits per heavy atom. The minimum atomic E-state index is -3.52. The summed E-state index contributed by atoms with van der Waals surface area (Å²) in [7, 11) is -3.52. The van der Waals surface area contributed by atoms with Gasteiger partial charge in [-0.1, -0.05) is 0 Å². The lowest BCUT2D eigenvalue weighted by atomic mass is 10.0. The highest BCUT2D eigenvalue weighted by molar-refractivity contribution is 7.89. The molecule has 2 rings (SSSR count). The summed E-state index contributed by atoms with van der Waals surface area (Å²) >= 11 is 0. The Hall–Kier alpha value is -0.980. The molecule has 1 aliphatic heterocycles. The fraction of sp³-hybridized carbons (Fsp3) is 0.500. The number of rotatable bonds is 4. The van der Waals surface area contributed by atoms with Gasteiger partial charge >= 0.3 is 0 Å². The second-order valence-electron chi connectivity index (χ2n) is 4.52. The van der Waals surface area contributed by atoms with E-state index in [0.29, 0.717) is 12.5 Å². The van der Waals surface area contributed by atoms with Gasteiger partial charge in [-0.3, -0.25) is 0 Å². The molecule has 4 nitrogen and oxygen atoms in total. The monoisotopic (exact) mass is 272 g/mol. The van der Waals surface area contributed by atoms with Crippen molar-refractivity contribution >= 4 is 10.0 Å². The van der Waals surface area contributed by atoms with E-state index < -0.39 is 15.8 Å². The zero-order valence-electron chi connectivity index (χ0n) is 10.0. The number of nitrogens with one attached hydrogen (secondary N) is 2. The summed E-state index contributed by atoms with van der Waals surface area (Å²) in [4.78, 5) is 0.104. The van der Waals surface area contributed by atoms with Gasteiger partial charge in [0, 0.05) is 6.54 Å². The summed E-state index contributed by atoms with van der Waals surface area (Å²) in [5.74, 6) is -0.112. The normalized spacial score (nSPS) is 20.8. The lowest BCUT2D eigenvalue weighted by molar-refractivity contribution is 0.376. The third-order valence-electron chi connectivity index (χ3n) is 3.08. The minimum Gasteiger partial charge on any atom is -0.316 e. The zero-order valence-corrected chi connectivity index (χ0v) is 10.8. The van der Waals surface area contributed by atoms with Crippen molar-refractivity contribution < 1.29 is 12.8 Å². The molecule has 18 heavy (non-hydrogen) atoms. The summed E-state index contributed by atoms with van der Waals surface area (Å²) in [6.45, 7) is 2.26. The van der Waals surface area contributed by atoms with E-state index in [4.69, 9.17) is 0 Å². The molecule has 1 aliphatic rings. The average Bonchev–Trinajstić information content (AvgIpc) is 2.38. The third kappa shape index (κ3) is 3.51. The molecule has 1 aromatic carbocycles. The minimum absolute atomic E-state index is 0.104. The molecular weight excluding hydrogens is 255 g/mol. The predicted octanol–water partition coefficient (Wildman–Crippen LogP) is 1.10. The molecule has 2 N–H and O–H groups in total. The van der Waals surface area contributed by atoms with Crippen LogP contribution in [0.15, 0.2) is 29.2 Å². The van der Waals surface area contributed by atoms with Crippen LogP contribution in [0.25, 0.3) is 0 Å². The highest BCUT2D eigenvalue weighted by Gasteiger charge is 2.18. The maximum atomic E-state index is 12.7. The van der Waals surface area contributed by atoms with Crippen molar-refractivity contribution in [1.82, 2.24) is 10.0 Å². The number of hydrogen-bond acceptors (Lipinski definition) is 3. The van der Waals surface area contributed by atoms with Crippen LogP contribution >= 0.6 is 0 Å². The highest BCUT2D eigenvalue weighted by atomic mass is 32.2. The van der Waals surface area contributed by atoms with E-state index in [1.807, 2.05) is 0 Å².